The van der Waals surface area contributed by atoms with Crippen molar-refractivity contribution in [3.63, 3.8) is 0 Å². The molecule has 0 atom stereocenters. The SMILES string of the molecule is Fc1ccc(COc2cccc3[nH]c4c(c23)CCNCC4)cc1. The molecule has 0 saturated carbocycles. The summed E-state index contributed by atoms with van der Waals surface area (Å²) in [6.07, 6.45) is 2.02. The summed E-state index contributed by atoms with van der Waals surface area (Å²) in [6.45, 7) is 2.44. The Bertz CT molecular complexity index is 823. The molecule has 4 rings (SSSR count). The van der Waals surface area contributed by atoms with Crippen molar-refractivity contribution in [2.75, 3.05) is 13.1 Å². The van der Waals surface area contributed by atoms with E-state index in [-0.39, 0.29) is 5.82 Å². The zero-order chi connectivity index (χ0) is 15.6. The molecule has 0 amide bonds. The molecular weight excluding hydrogens is 291 g/mol. The Morgan fingerprint density at radius 3 is 2.70 bits per heavy atom. The van der Waals surface area contributed by atoms with Crippen molar-refractivity contribution in [3.8, 4) is 5.75 Å². The highest BCUT2D eigenvalue weighted by atomic mass is 19.1. The molecule has 0 radical (unpaired) electrons. The minimum Gasteiger partial charge on any atom is -0.488 e. The van der Waals surface area contributed by atoms with E-state index in [1.165, 1.54) is 28.8 Å². The van der Waals surface area contributed by atoms with Crippen LogP contribution in [0.3, 0.4) is 0 Å². The predicted molar refractivity (Wildman–Crippen MR) is 89.3 cm³/mol. The zero-order valence-corrected chi connectivity index (χ0v) is 12.9. The fraction of sp³-hybridized carbons (Fsp3) is 0.263. The molecule has 3 nitrogen and oxygen atoms in total. The second-order valence-corrected chi connectivity index (χ2v) is 5.93. The van der Waals surface area contributed by atoms with Crippen LogP contribution in [0.25, 0.3) is 10.9 Å². The highest BCUT2D eigenvalue weighted by Gasteiger charge is 2.17. The molecule has 1 aromatic heterocycles. The number of aromatic amines is 1. The molecule has 3 aromatic rings. The molecule has 1 aliphatic heterocycles. The molecule has 0 fully saturated rings. The van der Waals surface area contributed by atoms with Gasteiger partial charge in [-0.15, -0.1) is 0 Å². The molecule has 4 heteroatoms. The third-order valence-corrected chi connectivity index (χ3v) is 4.39. The van der Waals surface area contributed by atoms with Gasteiger partial charge < -0.3 is 15.0 Å². The Morgan fingerprint density at radius 2 is 1.83 bits per heavy atom. The average molecular weight is 310 g/mol. The molecule has 2 N–H and O–H groups in total. The molecule has 23 heavy (non-hydrogen) atoms. The maximum Gasteiger partial charge on any atom is 0.129 e. The Kier molecular flexibility index (Phi) is 3.75. The quantitative estimate of drug-likeness (QED) is 0.776. The normalized spacial score (nSPS) is 14.5. The number of ether oxygens (including phenoxy) is 1. The number of aromatic nitrogens is 1. The van der Waals surface area contributed by atoms with Crippen molar-refractivity contribution < 1.29 is 9.13 Å². The lowest BCUT2D eigenvalue weighted by Gasteiger charge is -2.09. The van der Waals surface area contributed by atoms with E-state index < -0.39 is 0 Å². The lowest BCUT2D eigenvalue weighted by atomic mass is 10.1. The van der Waals surface area contributed by atoms with Gasteiger partial charge >= 0.3 is 0 Å². The number of nitrogens with one attached hydrogen (secondary N) is 2. The minimum absolute atomic E-state index is 0.223. The van der Waals surface area contributed by atoms with Gasteiger partial charge in [-0.05, 0) is 48.4 Å². The Labute approximate surface area is 134 Å². The Balaban J connectivity index is 1.66. The first-order chi connectivity index (χ1) is 11.3. The number of hydrogen-bond donors (Lipinski definition) is 2. The van der Waals surface area contributed by atoms with Crippen molar-refractivity contribution in [3.05, 3.63) is 65.1 Å². The molecule has 0 spiro atoms. The highest BCUT2D eigenvalue weighted by Crippen LogP contribution is 2.33. The van der Waals surface area contributed by atoms with E-state index in [1.54, 1.807) is 12.1 Å². The van der Waals surface area contributed by atoms with E-state index >= 15 is 0 Å². The third kappa shape index (κ3) is 2.82. The molecule has 0 unspecified atom stereocenters. The minimum atomic E-state index is -0.223. The Hall–Kier alpha value is -2.33. The van der Waals surface area contributed by atoms with E-state index in [9.17, 15) is 4.39 Å². The fourth-order valence-corrected chi connectivity index (χ4v) is 3.24. The van der Waals surface area contributed by atoms with Gasteiger partial charge in [-0.2, -0.15) is 0 Å². The first kappa shape index (κ1) is 14.3. The van der Waals surface area contributed by atoms with Gasteiger partial charge in [0.2, 0.25) is 0 Å². The second kappa shape index (κ2) is 6.05. The van der Waals surface area contributed by atoms with Gasteiger partial charge in [0.25, 0.3) is 0 Å². The molecule has 2 aromatic carbocycles. The summed E-state index contributed by atoms with van der Waals surface area (Å²) in [5.74, 6) is 0.672. The van der Waals surface area contributed by atoms with Gasteiger partial charge in [0.15, 0.2) is 0 Å². The van der Waals surface area contributed by atoms with Gasteiger partial charge in [-0.3, -0.25) is 0 Å². The van der Waals surface area contributed by atoms with Crippen LogP contribution in [0.4, 0.5) is 4.39 Å². The van der Waals surface area contributed by atoms with Crippen molar-refractivity contribution in [1.29, 1.82) is 0 Å². The van der Waals surface area contributed by atoms with Gasteiger partial charge in [0, 0.05) is 29.6 Å². The van der Waals surface area contributed by atoms with Crippen molar-refractivity contribution in [2.24, 2.45) is 0 Å². The van der Waals surface area contributed by atoms with Crippen LogP contribution in [0, 0.1) is 5.82 Å². The topological polar surface area (TPSA) is 37.0 Å². The van der Waals surface area contributed by atoms with Crippen LogP contribution in [-0.4, -0.2) is 18.1 Å². The summed E-state index contributed by atoms with van der Waals surface area (Å²) in [4.78, 5) is 3.53. The van der Waals surface area contributed by atoms with Gasteiger partial charge in [-0.25, -0.2) is 4.39 Å². The van der Waals surface area contributed by atoms with Gasteiger partial charge in [-0.1, -0.05) is 18.2 Å². The maximum absolute atomic E-state index is 13.0. The van der Waals surface area contributed by atoms with Gasteiger partial charge in [0.1, 0.15) is 18.2 Å². The number of rotatable bonds is 3. The smallest absolute Gasteiger partial charge is 0.129 e. The molecular formula is C19H19FN2O. The number of halogens is 1. The average Bonchev–Trinajstić information content (AvgIpc) is 2.77. The fourth-order valence-electron chi connectivity index (χ4n) is 3.24. The van der Waals surface area contributed by atoms with Crippen molar-refractivity contribution in [2.45, 2.75) is 19.4 Å². The van der Waals surface area contributed by atoms with Crippen LogP contribution in [-0.2, 0) is 19.4 Å². The summed E-state index contributed by atoms with van der Waals surface area (Å²) in [7, 11) is 0. The van der Waals surface area contributed by atoms with Gasteiger partial charge in [0.05, 0.1) is 0 Å². The maximum atomic E-state index is 13.0. The van der Waals surface area contributed by atoms with Crippen LogP contribution in [0.5, 0.6) is 5.75 Å². The lowest BCUT2D eigenvalue weighted by molar-refractivity contribution is 0.310. The number of benzene rings is 2. The first-order valence-electron chi connectivity index (χ1n) is 8.01. The number of hydrogen-bond acceptors (Lipinski definition) is 2. The summed E-state index contributed by atoms with van der Waals surface area (Å²) in [5, 5.41) is 4.62. The van der Waals surface area contributed by atoms with Crippen LogP contribution in [0.2, 0.25) is 0 Å². The van der Waals surface area contributed by atoms with E-state index in [4.69, 9.17) is 4.74 Å². The third-order valence-electron chi connectivity index (χ3n) is 4.39. The Morgan fingerprint density at radius 1 is 1.00 bits per heavy atom. The molecule has 1 aliphatic rings. The first-order valence-corrected chi connectivity index (χ1v) is 8.01. The summed E-state index contributed by atoms with van der Waals surface area (Å²) in [6, 6.07) is 12.6. The van der Waals surface area contributed by atoms with Crippen molar-refractivity contribution in [1.82, 2.24) is 10.3 Å². The highest BCUT2D eigenvalue weighted by molar-refractivity contribution is 5.90. The lowest BCUT2D eigenvalue weighted by Crippen LogP contribution is -2.16. The van der Waals surface area contributed by atoms with Crippen molar-refractivity contribution >= 4 is 10.9 Å². The second-order valence-electron chi connectivity index (χ2n) is 5.93. The van der Waals surface area contributed by atoms with Crippen LogP contribution in [0.1, 0.15) is 16.8 Å². The van der Waals surface area contributed by atoms with Crippen LogP contribution in [0.15, 0.2) is 42.5 Å². The molecule has 0 saturated heterocycles. The summed E-state index contributed by atoms with van der Waals surface area (Å²) in [5.41, 5.74) is 4.77. The molecule has 0 aliphatic carbocycles. The molecule has 118 valence electrons. The van der Waals surface area contributed by atoms with E-state index in [1.807, 2.05) is 12.1 Å². The predicted octanol–water partition coefficient (Wildman–Crippen LogP) is 3.57. The van der Waals surface area contributed by atoms with E-state index in [0.717, 1.165) is 42.8 Å². The number of fused-ring (bicyclic) bond motifs is 3. The zero-order valence-electron chi connectivity index (χ0n) is 12.9. The van der Waals surface area contributed by atoms with Crippen LogP contribution < -0.4 is 10.1 Å². The van der Waals surface area contributed by atoms with Crippen LogP contribution >= 0.6 is 0 Å². The summed E-state index contributed by atoms with van der Waals surface area (Å²) >= 11 is 0. The molecule has 2 heterocycles. The number of H-pyrrole nitrogens is 1. The van der Waals surface area contributed by atoms with E-state index in [2.05, 4.69) is 16.4 Å². The van der Waals surface area contributed by atoms with E-state index in [0.29, 0.717) is 6.61 Å². The largest absolute Gasteiger partial charge is 0.488 e. The monoisotopic (exact) mass is 310 g/mol. The summed E-state index contributed by atoms with van der Waals surface area (Å²) < 4.78 is 19.0. The molecule has 0 bridgehead atoms. The standard InChI is InChI=1S/C19H19FN2O/c20-14-6-4-13(5-7-14)12-23-18-3-1-2-17-19(18)15-8-10-21-11-9-16(15)22-17/h1-7,21-22H,8-12H2.